The average molecular weight is 263 g/mol. The molecule has 0 spiro atoms. The Kier molecular flexibility index (Phi) is 5.25. The summed E-state index contributed by atoms with van der Waals surface area (Å²) in [5.74, 6) is 0.744. The zero-order chi connectivity index (χ0) is 10.7. The zero-order valence-electron chi connectivity index (χ0n) is 9.19. The molecule has 1 aromatic heterocycles. The summed E-state index contributed by atoms with van der Waals surface area (Å²) < 4.78 is 0. The van der Waals surface area contributed by atoms with Gasteiger partial charge in [-0.25, -0.2) is 9.97 Å². The van der Waals surface area contributed by atoms with E-state index < -0.39 is 0 Å². The normalized spacial score (nSPS) is 20.0. The molecule has 2 heterocycles. The summed E-state index contributed by atoms with van der Waals surface area (Å²) in [4.78, 5) is 10.5. The van der Waals surface area contributed by atoms with E-state index >= 15 is 0 Å². The third-order valence-electron chi connectivity index (χ3n) is 2.74. The lowest BCUT2D eigenvalue weighted by Crippen LogP contribution is -2.44. The first-order valence-electron chi connectivity index (χ1n) is 5.18. The number of piperidine rings is 1. The van der Waals surface area contributed by atoms with Crippen molar-refractivity contribution in [2.75, 3.05) is 25.0 Å². The number of hydrogen-bond donors (Lipinski definition) is 1. The maximum Gasteiger partial charge on any atom is 0.225 e. The van der Waals surface area contributed by atoms with E-state index in [0.717, 1.165) is 19.0 Å². The van der Waals surface area contributed by atoms with Crippen LogP contribution in [0.3, 0.4) is 0 Å². The van der Waals surface area contributed by atoms with Gasteiger partial charge < -0.3 is 10.2 Å². The first-order valence-corrected chi connectivity index (χ1v) is 5.56. The average Bonchev–Trinajstić information content (AvgIpc) is 2.30. The molecule has 2 rings (SSSR count). The van der Waals surface area contributed by atoms with Crippen LogP contribution in [0.15, 0.2) is 12.4 Å². The molecular weight excluding hydrogens is 247 g/mol. The molecule has 0 unspecified atom stereocenters. The summed E-state index contributed by atoms with van der Waals surface area (Å²) in [5.41, 5.74) is 0. The number of aromatic nitrogens is 2. The Morgan fingerprint density at radius 3 is 2.69 bits per heavy atom. The number of halogens is 2. The fourth-order valence-electron chi connectivity index (χ4n) is 1.81. The number of nitrogens with one attached hydrogen (secondary N) is 1. The van der Waals surface area contributed by atoms with Gasteiger partial charge in [-0.15, -0.1) is 12.4 Å². The Balaban J connectivity index is 0.00000128. The van der Waals surface area contributed by atoms with Crippen molar-refractivity contribution in [3.05, 3.63) is 17.4 Å². The molecule has 1 saturated heterocycles. The molecule has 1 aromatic rings. The van der Waals surface area contributed by atoms with E-state index in [1.165, 1.54) is 12.8 Å². The van der Waals surface area contributed by atoms with Gasteiger partial charge in [0.05, 0.1) is 17.4 Å². The van der Waals surface area contributed by atoms with Gasteiger partial charge in [-0.2, -0.15) is 0 Å². The quantitative estimate of drug-likeness (QED) is 0.882. The molecule has 6 heteroatoms. The Morgan fingerprint density at radius 1 is 1.44 bits per heavy atom. The Morgan fingerprint density at radius 2 is 2.12 bits per heavy atom. The molecule has 0 bridgehead atoms. The van der Waals surface area contributed by atoms with Crippen LogP contribution in [-0.4, -0.2) is 36.1 Å². The molecule has 0 amide bonds. The summed E-state index contributed by atoms with van der Waals surface area (Å²) in [6.45, 7) is 2.12. The smallest absolute Gasteiger partial charge is 0.225 e. The van der Waals surface area contributed by atoms with Crippen molar-refractivity contribution >= 4 is 30.0 Å². The van der Waals surface area contributed by atoms with Crippen molar-refractivity contribution in [3.63, 3.8) is 0 Å². The minimum atomic E-state index is 0. The first-order chi connectivity index (χ1) is 7.27. The molecular formula is C10H16Cl2N4. The molecule has 0 aromatic carbocycles. The molecule has 4 nitrogen and oxygen atoms in total. The molecule has 1 aliphatic rings. The molecule has 90 valence electrons. The minimum absolute atomic E-state index is 0. The second kappa shape index (κ2) is 6.23. The Labute approximate surface area is 107 Å². The van der Waals surface area contributed by atoms with Crippen molar-refractivity contribution in [2.45, 2.75) is 18.9 Å². The number of rotatable bonds is 2. The Bertz CT molecular complexity index is 311. The van der Waals surface area contributed by atoms with Crippen LogP contribution in [0.5, 0.6) is 0 Å². The lowest BCUT2D eigenvalue weighted by atomic mass is 10.1. The monoisotopic (exact) mass is 262 g/mol. The summed E-state index contributed by atoms with van der Waals surface area (Å²) in [5, 5.41) is 3.95. The van der Waals surface area contributed by atoms with Crippen LogP contribution in [0.2, 0.25) is 5.02 Å². The van der Waals surface area contributed by atoms with Gasteiger partial charge in [0, 0.05) is 19.6 Å². The lowest BCUT2D eigenvalue weighted by Gasteiger charge is -2.31. The standard InChI is InChI=1S/C10H15ClN4.ClH/c1-15(9-3-2-4-12-7-9)10-13-5-8(11)6-14-10;/h5-6,9,12H,2-4,7H2,1H3;1H/t9-;/m1./s1. The highest BCUT2D eigenvalue weighted by atomic mass is 35.5. The summed E-state index contributed by atoms with van der Waals surface area (Å²) in [6.07, 6.45) is 5.67. The van der Waals surface area contributed by atoms with Gasteiger partial charge in [-0.1, -0.05) is 11.6 Å². The number of nitrogens with zero attached hydrogens (tertiary/aromatic N) is 3. The van der Waals surface area contributed by atoms with E-state index in [4.69, 9.17) is 11.6 Å². The van der Waals surface area contributed by atoms with Gasteiger partial charge in [0.2, 0.25) is 5.95 Å². The van der Waals surface area contributed by atoms with Crippen LogP contribution in [0.1, 0.15) is 12.8 Å². The number of likely N-dealkylation sites (N-methyl/N-ethyl adjacent to an activating group) is 1. The molecule has 1 atom stereocenters. The first kappa shape index (κ1) is 13.5. The molecule has 0 saturated carbocycles. The van der Waals surface area contributed by atoms with Gasteiger partial charge in [-0.05, 0) is 19.4 Å². The molecule has 1 fully saturated rings. The van der Waals surface area contributed by atoms with E-state index in [1.54, 1.807) is 12.4 Å². The topological polar surface area (TPSA) is 41.1 Å². The van der Waals surface area contributed by atoms with Crippen LogP contribution in [-0.2, 0) is 0 Å². The van der Waals surface area contributed by atoms with Crippen LogP contribution < -0.4 is 10.2 Å². The summed E-state index contributed by atoms with van der Waals surface area (Å²) >= 11 is 5.75. The van der Waals surface area contributed by atoms with E-state index in [-0.39, 0.29) is 12.4 Å². The maximum absolute atomic E-state index is 5.75. The van der Waals surface area contributed by atoms with Gasteiger partial charge in [-0.3, -0.25) is 0 Å². The van der Waals surface area contributed by atoms with Crippen LogP contribution in [0.25, 0.3) is 0 Å². The fourth-order valence-corrected chi connectivity index (χ4v) is 1.91. The summed E-state index contributed by atoms with van der Waals surface area (Å²) in [7, 11) is 2.03. The third kappa shape index (κ3) is 3.20. The molecule has 16 heavy (non-hydrogen) atoms. The highest BCUT2D eigenvalue weighted by molar-refractivity contribution is 6.30. The van der Waals surface area contributed by atoms with Crippen molar-refractivity contribution in [2.24, 2.45) is 0 Å². The van der Waals surface area contributed by atoms with E-state index in [9.17, 15) is 0 Å². The maximum atomic E-state index is 5.75. The highest BCUT2D eigenvalue weighted by Gasteiger charge is 2.19. The fraction of sp³-hybridized carbons (Fsp3) is 0.600. The van der Waals surface area contributed by atoms with Crippen molar-refractivity contribution < 1.29 is 0 Å². The van der Waals surface area contributed by atoms with Crippen LogP contribution >= 0.6 is 24.0 Å². The summed E-state index contributed by atoms with van der Waals surface area (Å²) in [6, 6.07) is 0.486. The van der Waals surface area contributed by atoms with Gasteiger partial charge in [0.1, 0.15) is 0 Å². The van der Waals surface area contributed by atoms with Gasteiger partial charge >= 0.3 is 0 Å². The van der Waals surface area contributed by atoms with Crippen molar-refractivity contribution in [1.29, 1.82) is 0 Å². The van der Waals surface area contributed by atoms with E-state index in [1.807, 2.05) is 7.05 Å². The molecule has 1 N–H and O–H groups in total. The highest BCUT2D eigenvalue weighted by Crippen LogP contribution is 2.15. The largest absolute Gasteiger partial charge is 0.340 e. The molecule has 1 aliphatic heterocycles. The number of anilines is 1. The van der Waals surface area contributed by atoms with Crippen molar-refractivity contribution in [1.82, 2.24) is 15.3 Å². The van der Waals surface area contributed by atoms with Crippen molar-refractivity contribution in [3.8, 4) is 0 Å². The van der Waals surface area contributed by atoms with Gasteiger partial charge in [0.15, 0.2) is 0 Å². The van der Waals surface area contributed by atoms with E-state index in [2.05, 4.69) is 20.2 Å². The second-order valence-electron chi connectivity index (χ2n) is 3.81. The third-order valence-corrected chi connectivity index (χ3v) is 2.94. The molecule has 0 radical (unpaired) electrons. The molecule has 0 aliphatic carbocycles. The van der Waals surface area contributed by atoms with Gasteiger partial charge in [0.25, 0.3) is 0 Å². The SMILES string of the molecule is CN(c1ncc(Cl)cn1)[C@@H]1CCCNC1.Cl. The zero-order valence-corrected chi connectivity index (χ0v) is 10.8. The second-order valence-corrected chi connectivity index (χ2v) is 4.25. The Hall–Kier alpha value is -0.580. The van der Waals surface area contributed by atoms with E-state index in [0.29, 0.717) is 11.1 Å². The number of hydrogen-bond acceptors (Lipinski definition) is 4. The van der Waals surface area contributed by atoms with Crippen LogP contribution in [0.4, 0.5) is 5.95 Å². The predicted molar refractivity (Wildman–Crippen MR) is 68.6 cm³/mol. The minimum Gasteiger partial charge on any atom is -0.340 e. The lowest BCUT2D eigenvalue weighted by molar-refractivity contribution is 0.441. The predicted octanol–water partition coefficient (Wildman–Crippen LogP) is 1.74. The van der Waals surface area contributed by atoms with Crippen LogP contribution in [0, 0.1) is 0 Å².